The van der Waals surface area contributed by atoms with Crippen molar-refractivity contribution in [1.82, 2.24) is 4.90 Å². The molecule has 0 bridgehead atoms. The second kappa shape index (κ2) is 7.38. The Balaban J connectivity index is 4.94. The highest BCUT2D eigenvalue weighted by Gasteiger charge is 2.34. The van der Waals surface area contributed by atoms with Crippen LogP contribution in [-0.4, -0.2) is 29.6 Å². The third-order valence-electron chi connectivity index (χ3n) is 3.67. The Bertz CT molecular complexity index is 194. The highest BCUT2D eigenvalue weighted by atomic mass is 15.2. The highest BCUT2D eigenvalue weighted by Crippen LogP contribution is 2.29. The van der Waals surface area contributed by atoms with Crippen molar-refractivity contribution in [2.45, 2.75) is 85.9 Å². The molecule has 0 heterocycles. The predicted octanol–water partition coefficient (Wildman–Crippen LogP) is 3.65. The number of nitrogens with two attached hydrogens (primary N) is 1. The molecule has 3 unspecified atom stereocenters. The minimum Gasteiger partial charge on any atom is -0.327 e. The summed E-state index contributed by atoms with van der Waals surface area (Å²) >= 11 is 0. The first-order valence-electron chi connectivity index (χ1n) is 7.27. The molecular formula is C15H34N2. The zero-order valence-corrected chi connectivity index (χ0v) is 13.1. The first-order valence-corrected chi connectivity index (χ1v) is 7.27. The van der Waals surface area contributed by atoms with Crippen molar-refractivity contribution >= 4 is 0 Å². The van der Waals surface area contributed by atoms with Gasteiger partial charge in [0.25, 0.3) is 0 Å². The van der Waals surface area contributed by atoms with Crippen LogP contribution in [0.4, 0.5) is 0 Å². The molecule has 0 saturated heterocycles. The predicted molar refractivity (Wildman–Crippen MR) is 78.3 cm³/mol. The van der Waals surface area contributed by atoms with Crippen LogP contribution in [-0.2, 0) is 0 Å². The number of unbranched alkanes of at least 4 members (excludes halogenated alkanes) is 1. The van der Waals surface area contributed by atoms with Crippen molar-refractivity contribution in [3.05, 3.63) is 0 Å². The van der Waals surface area contributed by atoms with E-state index in [1.54, 1.807) is 0 Å². The quantitative estimate of drug-likeness (QED) is 0.738. The smallest absolute Gasteiger partial charge is 0.0295 e. The molecule has 0 saturated carbocycles. The van der Waals surface area contributed by atoms with Gasteiger partial charge in [-0.05, 0) is 38.6 Å². The zero-order chi connectivity index (χ0) is 13.6. The van der Waals surface area contributed by atoms with Crippen molar-refractivity contribution in [3.8, 4) is 0 Å². The van der Waals surface area contributed by atoms with E-state index in [1.807, 2.05) is 0 Å². The normalized spacial score (nSPS) is 18.2. The van der Waals surface area contributed by atoms with Crippen molar-refractivity contribution in [2.24, 2.45) is 11.1 Å². The van der Waals surface area contributed by atoms with E-state index >= 15 is 0 Å². The topological polar surface area (TPSA) is 29.3 Å². The molecule has 0 aliphatic rings. The van der Waals surface area contributed by atoms with Gasteiger partial charge in [0.15, 0.2) is 0 Å². The molecule has 0 radical (unpaired) electrons. The summed E-state index contributed by atoms with van der Waals surface area (Å²) in [6, 6.07) is 1.31. The third-order valence-corrected chi connectivity index (χ3v) is 3.67. The lowest BCUT2D eigenvalue weighted by Crippen LogP contribution is -2.56. The van der Waals surface area contributed by atoms with Gasteiger partial charge in [0.2, 0.25) is 0 Å². The fraction of sp³-hybridized carbons (Fsp3) is 1.00. The van der Waals surface area contributed by atoms with Gasteiger partial charge in [-0.1, -0.05) is 41.0 Å². The molecule has 0 aromatic carbocycles. The number of nitrogens with zero attached hydrogens (tertiary/aromatic N) is 1. The van der Waals surface area contributed by atoms with E-state index in [0.717, 1.165) is 0 Å². The van der Waals surface area contributed by atoms with Crippen LogP contribution in [0.3, 0.4) is 0 Å². The lowest BCUT2D eigenvalue weighted by molar-refractivity contribution is 0.0469. The second-order valence-electron chi connectivity index (χ2n) is 6.52. The Morgan fingerprint density at radius 3 is 1.94 bits per heavy atom. The fourth-order valence-corrected chi connectivity index (χ4v) is 2.80. The van der Waals surface area contributed by atoms with Gasteiger partial charge in [-0.25, -0.2) is 0 Å². The molecule has 2 N–H and O–H groups in total. The number of hydrogen-bond acceptors (Lipinski definition) is 2. The SMILES string of the molecule is CCCCN(C(C)CC)C(C(C)N)C(C)(C)C. The number of rotatable bonds is 7. The van der Waals surface area contributed by atoms with Crippen molar-refractivity contribution in [1.29, 1.82) is 0 Å². The minimum atomic E-state index is 0.223. The maximum absolute atomic E-state index is 6.25. The molecule has 0 rings (SSSR count). The Morgan fingerprint density at radius 1 is 1.12 bits per heavy atom. The molecule has 0 aliphatic heterocycles. The standard InChI is InChI=1S/C15H34N2/c1-8-10-11-17(12(3)9-2)14(13(4)16)15(5,6)7/h12-14H,8-11,16H2,1-7H3. The average molecular weight is 242 g/mol. The molecule has 0 aromatic heterocycles. The van der Waals surface area contributed by atoms with Crippen LogP contribution in [0.25, 0.3) is 0 Å². The highest BCUT2D eigenvalue weighted by molar-refractivity contribution is 4.91. The first kappa shape index (κ1) is 16.9. The molecule has 2 nitrogen and oxygen atoms in total. The summed E-state index contributed by atoms with van der Waals surface area (Å²) in [6.07, 6.45) is 3.72. The monoisotopic (exact) mass is 242 g/mol. The van der Waals surface area contributed by atoms with E-state index in [0.29, 0.717) is 12.1 Å². The van der Waals surface area contributed by atoms with Crippen LogP contribution in [0.1, 0.15) is 67.7 Å². The van der Waals surface area contributed by atoms with E-state index < -0.39 is 0 Å². The maximum Gasteiger partial charge on any atom is 0.0295 e. The summed E-state index contributed by atoms with van der Waals surface area (Å²) in [5.41, 5.74) is 6.49. The van der Waals surface area contributed by atoms with Crippen LogP contribution in [0.5, 0.6) is 0 Å². The Hall–Kier alpha value is -0.0800. The van der Waals surface area contributed by atoms with Gasteiger partial charge in [0.1, 0.15) is 0 Å². The average Bonchev–Trinajstić information content (AvgIpc) is 2.20. The molecule has 0 fully saturated rings. The maximum atomic E-state index is 6.25. The lowest BCUT2D eigenvalue weighted by atomic mass is 9.81. The van der Waals surface area contributed by atoms with Gasteiger partial charge in [0, 0.05) is 18.1 Å². The van der Waals surface area contributed by atoms with Crippen LogP contribution in [0.2, 0.25) is 0 Å². The largest absolute Gasteiger partial charge is 0.327 e. The molecule has 104 valence electrons. The fourth-order valence-electron chi connectivity index (χ4n) is 2.80. The Morgan fingerprint density at radius 2 is 1.65 bits per heavy atom. The summed E-state index contributed by atoms with van der Waals surface area (Å²) in [5, 5.41) is 0. The summed E-state index contributed by atoms with van der Waals surface area (Å²) < 4.78 is 0. The molecule has 0 amide bonds. The summed E-state index contributed by atoms with van der Waals surface area (Å²) in [6.45, 7) is 17.1. The molecule has 0 aromatic rings. The molecule has 3 atom stereocenters. The zero-order valence-electron chi connectivity index (χ0n) is 13.1. The van der Waals surface area contributed by atoms with Crippen LogP contribution in [0, 0.1) is 5.41 Å². The molecular weight excluding hydrogens is 208 g/mol. The second-order valence-corrected chi connectivity index (χ2v) is 6.52. The summed E-state index contributed by atoms with van der Waals surface area (Å²) in [5.74, 6) is 0. The van der Waals surface area contributed by atoms with Gasteiger partial charge in [0.05, 0.1) is 0 Å². The summed E-state index contributed by atoms with van der Waals surface area (Å²) in [4.78, 5) is 2.63. The third kappa shape index (κ3) is 5.39. The van der Waals surface area contributed by atoms with Crippen molar-refractivity contribution in [2.75, 3.05) is 6.54 Å². The lowest BCUT2D eigenvalue weighted by Gasteiger charge is -2.45. The van der Waals surface area contributed by atoms with Crippen LogP contribution in [0.15, 0.2) is 0 Å². The number of hydrogen-bond donors (Lipinski definition) is 1. The van der Waals surface area contributed by atoms with Gasteiger partial charge in [-0.3, -0.25) is 4.90 Å². The minimum absolute atomic E-state index is 0.223. The van der Waals surface area contributed by atoms with E-state index in [2.05, 4.69) is 53.4 Å². The molecule has 0 aliphatic carbocycles. The Labute approximate surface area is 109 Å². The van der Waals surface area contributed by atoms with Crippen molar-refractivity contribution in [3.63, 3.8) is 0 Å². The molecule has 17 heavy (non-hydrogen) atoms. The Kier molecular flexibility index (Phi) is 7.34. The van der Waals surface area contributed by atoms with Crippen molar-refractivity contribution < 1.29 is 0 Å². The van der Waals surface area contributed by atoms with Gasteiger partial charge in [-0.15, -0.1) is 0 Å². The van der Waals surface area contributed by atoms with Gasteiger partial charge in [-0.2, -0.15) is 0 Å². The van der Waals surface area contributed by atoms with Crippen LogP contribution >= 0.6 is 0 Å². The van der Waals surface area contributed by atoms with E-state index in [4.69, 9.17) is 5.73 Å². The van der Waals surface area contributed by atoms with E-state index in [9.17, 15) is 0 Å². The van der Waals surface area contributed by atoms with Crippen LogP contribution < -0.4 is 5.73 Å². The van der Waals surface area contributed by atoms with Gasteiger partial charge < -0.3 is 5.73 Å². The molecule has 0 spiro atoms. The first-order chi connectivity index (χ1) is 7.75. The molecule has 2 heteroatoms. The van der Waals surface area contributed by atoms with E-state index in [1.165, 1.54) is 25.8 Å². The van der Waals surface area contributed by atoms with E-state index in [-0.39, 0.29) is 11.5 Å². The van der Waals surface area contributed by atoms with Gasteiger partial charge >= 0.3 is 0 Å². The summed E-state index contributed by atoms with van der Waals surface area (Å²) in [7, 11) is 0.